The van der Waals surface area contributed by atoms with Crippen LogP contribution in [0.15, 0.2) is 18.3 Å². The second kappa shape index (κ2) is 4.75. The molecule has 1 aliphatic rings. The van der Waals surface area contributed by atoms with E-state index in [0.29, 0.717) is 6.04 Å². The lowest BCUT2D eigenvalue weighted by molar-refractivity contribution is 0.0896. The van der Waals surface area contributed by atoms with Gasteiger partial charge in [-0.15, -0.1) is 0 Å². The lowest BCUT2D eigenvalue weighted by Crippen LogP contribution is -2.52. The van der Waals surface area contributed by atoms with Crippen LogP contribution in [0.4, 0.5) is 0 Å². The van der Waals surface area contributed by atoms with E-state index in [-0.39, 0.29) is 5.41 Å². The van der Waals surface area contributed by atoms with Crippen molar-refractivity contribution in [2.24, 2.45) is 11.1 Å². The number of aromatic nitrogens is 1. The van der Waals surface area contributed by atoms with Crippen LogP contribution >= 0.6 is 0 Å². The second-order valence-electron chi connectivity index (χ2n) is 5.84. The van der Waals surface area contributed by atoms with Crippen LogP contribution in [0.2, 0.25) is 0 Å². The zero-order chi connectivity index (χ0) is 12.5. The molecule has 17 heavy (non-hydrogen) atoms. The van der Waals surface area contributed by atoms with Gasteiger partial charge < -0.3 is 5.73 Å². The minimum atomic E-state index is 0.217. The van der Waals surface area contributed by atoms with Crippen molar-refractivity contribution in [1.29, 1.82) is 0 Å². The lowest BCUT2D eigenvalue weighted by atomic mass is 9.79. The number of likely N-dealkylation sites (tertiary alicyclic amines) is 1. The molecule has 2 N–H and O–H groups in total. The van der Waals surface area contributed by atoms with Crippen molar-refractivity contribution in [2.75, 3.05) is 13.1 Å². The number of rotatable bonds is 2. The molecular weight excluding hydrogens is 210 g/mol. The van der Waals surface area contributed by atoms with Gasteiger partial charge in [0.1, 0.15) is 0 Å². The highest BCUT2D eigenvalue weighted by molar-refractivity contribution is 5.18. The Labute approximate surface area is 104 Å². The van der Waals surface area contributed by atoms with Gasteiger partial charge in [0.25, 0.3) is 0 Å². The average Bonchev–Trinajstić information content (AvgIpc) is 2.26. The minimum Gasteiger partial charge on any atom is -0.327 e. The van der Waals surface area contributed by atoms with E-state index in [9.17, 15) is 0 Å². The average molecular weight is 233 g/mol. The largest absolute Gasteiger partial charge is 0.327 e. The van der Waals surface area contributed by atoms with Crippen molar-refractivity contribution < 1.29 is 0 Å². The standard InChI is InChI=1S/C14H23N3/c1-11-12(5-4-7-16-11)9-17-8-6-13(15)14(2,3)10-17/h4-5,7,13H,6,8-10,15H2,1-3H3. The third-order valence-electron chi connectivity index (χ3n) is 3.90. The third kappa shape index (κ3) is 2.85. The van der Waals surface area contributed by atoms with Gasteiger partial charge in [-0.05, 0) is 30.4 Å². The monoisotopic (exact) mass is 233 g/mol. The lowest BCUT2D eigenvalue weighted by Gasteiger charge is -2.42. The Hall–Kier alpha value is -0.930. The third-order valence-corrected chi connectivity index (χ3v) is 3.90. The van der Waals surface area contributed by atoms with E-state index in [4.69, 9.17) is 5.73 Å². The zero-order valence-electron chi connectivity index (χ0n) is 11.1. The molecule has 0 amide bonds. The molecule has 1 saturated heterocycles. The van der Waals surface area contributed by atoms with Crippen molar-refractivity contribution >= 4 is 0 Å². The molecule has 3 nitrogen and oxygen atoms in total. The SMILES string of the molecule is Cc1ncccc1CN1CCC(N)C(C)(C)C1. The second-order valence-corrected chi connectivity index (χ2v) is 5.84. The Morgan fingerprint density at radius 2 is 2.29 bits per heavy atom. The number of piperidine rings is 1. The number of hydrogen-bond donors (Lipinski definition) is 1. The van der Waals surface area contributed by atoms with Gasteiger partial charge in [-0.3, -0.25) is 9.88 Å². The number of hydrogen-bond acceptors (Lipinski definition) is 3. The Kier molecular flexibility index (Phi) is 3.50. The summed E-state index contributed by atoms with van der Waals surface area (Å²) in [5, 5.41) is 0. The molecule has 1 aromatic heterocycles. The Bertz CT molecular complexity index is 387. The van der Waals surface area contributed by atoms with Gasteiger partial charge in [-0.2, -0.15) is 0 Å². The quantitative estimate of drug-likeness (QED) is 0.849. The van der Waals surface area contributed by atoms with Gasteiger partial charge in [0.2, 0.25) is 0 Å². The number of aryl methyl sites for hydroxylation is 1. The molecule has 2 heterocycles. The summed E-state index contributed by atoms with van der Waals surface area (Å²) in [6, 6.07) is 4.52. The summed E-state index contributed by atoms with van der Waals surface area (Å²) >= 11 is 0. The molecular formula is C14H23N3. The predicted molar refractivity (Wildman–Crippen MR) is 70.6 cm³/mol. The molecule has 1 atom stereocenters. The van der Waals surface area contributed by atoms with E-state index in [1.54, 1.807) is 0 Å². The molecule has 0 saturated carbocycles. The number of nitrogens with zero attached hydrogens (tertiary/aromatic N) is 2. The number of pyridine rings is 1. The summed E-state index contributed by atoms with van der Waals surface area (Å²) in [5.74, 6) is 0. The molecule has 3 heteroatoms. The Morgan fingerprint density at radius 1 is 1.53 bits per heavy atom. The van der Waals surface area contributed by atoms with Gasteiger partial charge in [0.05, 0.1) is 0 Å². The zero-order valence-corrected chi connectivity index (χ0v) is 11.1. The fourth-order valence-corrected chi connectivity index (χ4v) is 2.55. The van der Waals surface area contributed by atoms with Crippen LogP contribution in [0.25, 0.3) is 0 Å². The van der Waals surface area contributed by atoms with Crippen molar-refractivity contribution in [1.82, 2.24) is 9.88 Å². The van der Waals surface area contributed by atoms with Crippen LogP contribution in [-0.4, -0.2) is 29.0 Å². The molecule has 1 aromatic rings. The smallest absolute Gasteiger partial charge is 0.0417 e. The first-order chi connectivity index (χ1) is 7.99. The van der Waals surface area contributed by atoms with Gasteiger partial charge in [0, 0.05) is 37.6 Å². The van der Waals surface area contributed by atoms with Crippen molar-refractivity contribution in [3.05, 3.63) is 29.6 Å². The normalized spacial score (nSPS) is 24.8. The molecule has 1 fully saturated rings. The van der Waals surface area contributed by atoms with Gasteiger partial charge in [-0.25, -0.2) is 0 Å². The highest BCUT2D eigenvalue weighted by atomic mass is 15.1. The van der Waals surface area contributed by atoms with Gasteiger partial charge >= 0.3 is 0 Å². The van der Waals surface area contributed by atoms with Crippen LogP contribution < -0.4 is 5.73 Å². The molecule has 2 rings (SSSR count). The van der Waals surface area contributed by atoms with E-state index in [1.165, 1.54) is 5.56 Å². The highest BCUT2D eigenvalue weighted by Gasteiger charge is 2.33. The molecule has 1 unspecified atom stereocenters. The van der Waals surface area contributed by atoms with Crippen LogP contribution in [0.1, 0.15) is 31.5 Å². The fraction of sp³-hybridized carbons (Fsp3) is 0.643. The van der Waals surface area contributed by atoms with E-state index >= 15 is 0 Å². The predicted octanol–water partition coefficient (Wildman–Crippen LogP) is 1.95. The molecule has 94 valence electrons. The first kappa shape index (κ1) is 12.5. The Morgan fingerprint density at radius 3 is 2.94 bits per heavy atom. The van der Waals surface area contributed by atoms with Crippen LogP contribution in [0.5, 0.6) is 0 Å². The molecule has 1 aliphatic heterocycles. The van der Waals surface area contributed by atoms with E-state index in [0.717, 1.165) is 31.7 Å². The van der Waals surface area contributed by atoms with Crippen LogP contribution in [-0.2, 0) is 6.54 Å². The summed E-state index contributed by atoms with van der Waals surface area (Å²) in [6.07, 6.45) is 2.95. The maximum absolute atomic E-state index is 6.16. The molecule has 0 aliphatic carbocycles. The maximum Gasteiger partial charge on any atom is 0.0417 e. The summed E-state index contributed by atoms with van der Waals surface area (Å²) < 4.78 is 0. The molecule has 0 spiro atoms. The summed E-state index contributed by atoms with van der Waals surface area (Å²) in [6.45, 7) is 9.77. The van der Waals surface area contributed by atoms with Crippen molar-refractivity contribution in [3.8, 4) is 0 Å². The summed E-state index contributed by atoms with van der Waals surface area (Å²) in [7, 11) is 0. The summed E-state index contributed by atoms with van der Waals surface area (Å²) in [5.41, 5.74) is 8.85. The van der Waals surface area contributed by atoms with E-state index < -0.39 is 0 Å². The molecule has 0 bridgehead atoms. The van der Waals surface area contributed by atoms with Crippen LogP contribution in [0, 0.1) is 12.3 Å². The fourth-order valence-electron chi connectivity index (χ4n) is 2.55. The first-order valence-electron chi connectivity index (χ1n) is 6.37. The van der Waals surface area contributed by atoms with Crippen molar-refractivity contribution in [2.45, 2.75) is 39.8 Å². The van der Waals surface area contributed by atoms with Gasteiger partial charge in [-0.1, -0.05) is 19.9 Å². The summed E-state index contributed by atoms with van der Waals surface area (Å²) in [4.78, 5) is 6.84. The Balaban J connectivity index is 2.04. The van der Waals surface area contributed by atoms with E-state index in [2.05, 4.69) is 36.7 Å². The van der Waals surface area contributed by atoms with Crippen LogP contribution in [0.3, 0.4) is 0 Å². The van der Waals surface area contributed by atoms with Gasteiger partial charge in [0.15, 0.2) is 0 Å². The topological polar surface area (TPSA) is 42.2 Å². The minimum absolute atomic E-state index is 0.217. The maximum atomic E-state index is 6.16. The first-order valence-corrected chi connectivity index (χ1v) is 6.37. The number of nitrogens with two attached hydrogens (primary N) is 1. The van der Waals surface area contributed by atoms with Crippen molar-refractivity contribution in [3.63, 3.8) is 0 Å². The van der Waals surface area contributed by atoms with E-state index in [1.807, 2.05) is 12.3 Å². The molecule has 0 radical (unpaired) electrons. The highest BCUT2D eigenvalue weighted by Crippen LogP contribution is 2.28. The molecule has 0 aromatic carbocycles.